The van der Waals surface area contributed by atoms with Gasteiger partial charge in [-0.25, -0.2) is 4.79 Å². The molecular formula is C23H31ClN2O4. The fourth-order valence-corrected chi connectivity index (χ4v) is 5.28. The molecule has 0 bridgehead atoms. The molecule has 2 aromatic rings. The third-order valence-electron chi connectivity index (χ3n) is 6.67. The molecule has 2 aliphatic rings. The summed E-state index contributed by atoms with van der Waals surface area (Å²) in [6, 6.07) is 6.40. The first-order chi connectivity index (χ1) is 14.1. The lowest BCUT2D eigenvalue weighted by molar-refractivity contribution is -0.137. The zero-order chi connectivity index (χ0) is 20.5. The Hall–Kier alpha value is -2.18. The standard InChI is InChI=1S/C23H30N2O4.ClH/c1-5-14-12-25-10-9-15-21-18(7-6-8-20(21)28-3)24-22(15)19(25)11-16(14)17(13-27-2)23(26)29-4;/h6-8,13-14,16,19,24H,5,9-12H2,1-4H3;1H/b17-13+;/t14-,16+,19+;/m1./s1. The lowest BCUT2D eigenvalue weighted by Crippen LogP contribution is -2.47. The molecule has 0 spiro atoms. The average Bonchev–Trinajstić information content (AvgIpc) is 3.15. The van der Waals surface area contributed by atoms with E-state index in [1.807, 2.05) is 12.1 Å². The average molecular weight is 435 g/mol. The van der Waals surface area contributed by atoms with Crippen molar-refractivity contribution in [2.75, 3.05) is 34.4 Å². The van der Waals surface area contributed by atoms with Gasteiger partial charge in [-0.1, -0.05) is 19.4 Å². The van der Waals surface area contributed by atoms with Crippen molar-refractivity contribution < 1.29 is 19.0 Å². The number of esters is 1. The van der Waals surface area contributed by atoms with Gasteiger partial charge in [0.05, 0.1) is 39.2 Å². The van der Waals surface area contributed by atoms with E-state index in [9.17, 15) is 4.79 Å². The Labute approximate surface area is 184 Å². The van der Waals surface area contributed by atoms with Crippen LogP contribution < -0.4 is 4.74 Å². The van der Waals surface area contributed by atoms with Gasteiger partial charge in [-0.15, -0.1) is 12.4 Å². The Kier molecular flexibility index (Phi) is 6.98. The number of hydrogen-bond acceptors (Lipinski definition) is 5. The third-order valence-corrected chi connectivity index (χ3v) is 6.67. The topological polar surface area (TPSA) is 63.8 Å². The van der Waals surface area contributed by atoms with Gasteiger partial charge in [0, 0.05) is 29.7 Å². The second-order valence-corrected chi connectivity index (χ2v) is 7.97. The number of carbonyl (C=O) groups is 1. The number of nitrogens with zero attached hydrogens (tertiary/aromatic N) is 1. The molecule has 0 saturated carbocycles. The predicted molar refractivity (Wildman–Crippen MR) is 119 cm³/mol. The van der Waals surface area contributed by atoms with Crippen molar-refractivity contribution in [2.45, 2.75) is 32.2 Å². The van der Waals surface area contributed by atoms with E-state index in [0.717, 1.165) is 43.6 Å². The first kappa shape index (κ1) is 22.5. The molecule has 0 unspecified atom stereocenters. The Balaban J connectivity index is 0.00000256. The molecule has 3 heterocycles. The fourth-order valence-electron chi connectivity index (χ4n) is 5.28. The summed E-state index contributed by atoms with van der Waals surface area (Å²) in [5, 5.41) is 1.19. The number of benzene rings is 1. The summed E-state index contributed by atoms with van der Waals surface area (Å²) in [4.78, 5) is 18.7. The maximum Gasteiger partial charge on any atom is 0.337 e. The monoisotopic (exact) mass is 434 g/mol. The summed E-state index contributed by atoms with van der Waals surface area (Å²) in [5.74, 6) is 1.12. The van der Waals surface area contributed by atoms with Gasteiger partial charge in [0.25, 0.3) is 0 Å². The minimum Gasteiger partial charge on any atom is -0.504 e. The lowest BCUT2D eigenvalue weighted by Gasteiger charge is -2.46. The van der Waals surface area contributed by atoms with E-state index in [0.29, 0.717) is 11.5 Å². The van der Waals surface area contributed by atoms with Gasteiger partial charge in [-0.05, 0) is 42.4 Å². The van der Waals surface area contributed by atoms with Crippen molar-refractivity contribution in [2.24, 2.45) is 11.8 Å². The molecule has 1 aromatic carbocycles. The molecule has 1 N–H and O–H groups in total. The molecule has 7 heteroatoms. The van der Waals surface area contributed by atoms with Crippen LogP contribution in [0, 0.1) is 11.8 Å². The highest BCUT2D eigenvalue weighted by Crippen LogP contribution is 2.47. The third kappa shape index (κ3) is 3.67. The molecule has 6 nitrogen and oxygen atoms in total. The van der Waals surface area contributed by atoms with Crippen molar-refractivity contribution >= 4 is 29.3 Å². The number of methoxy groups -OCH3 is 3. The normalized spacial score (nSPS) is 23.9. The number of carbonyl (C=O) groups excluding carboxylic acids is 1. The van der Waals surface area contributed by atoms with Crippen LogP contribution in [0.4, 0.5) is 0 Å². The molecule has 0 aliphatic carbocycles. The number of rotatable bonds is 5. The Morgan fingerprint density at radius 2 is 2.10 bits per heavy atom. The van der Waals surface area contributed by atoms with Gasteiger partial charge in [-0.3, -0.25) is 4.90 Å². The zero-order valence-corrected chi connectivity index (χ0v) is 18.9. The van der Waals surface area contributed by atoms with Crippen LogP contribution in [0.2, 0.25) is 0 Å². The Morgan fingerprint density at radius 1 is 1.30 bits per heavy atom. The van der Waals surface area contributed by atoms with Crippen LogP contribution in [0.15, 0.2) is 30.0 Å². The summed E-state index contributed by atoms with van der Waals surface area (Å²) in [7, 11) is 4.75. The lowest BCUT2D eigenvalue weighted by atomic mass is 9.74. The Morgan fingerprint density at radius 3 is 2.77 bits per heavy atom. The molecule has 1 saturated heterocycles. The van der Waals surface area contributed by atoms with Crippen LogP contribution in [0.5, 0.6) is 5.75 Å². The molecular weight excluding hydrogens is 404 g/mol. The van der Waals surface area contributed by atoms with Crippen molar-refractivity contribution in [3.63, 3.8) is 0 Å². The SMILES string of the molecule is CC[C@@H]1CN2CCc3c([nH]c4cccc(OC)c34)[C@@H]2C[C@@H]1/C(=C\OC)C(=O)OC.Cl. The van der Waals surface area contributed by atoms with Crippen LogP contribution in [-0.2, 0) is 20.7 Å². The number of ether oxygens (including phenoxy) is 3. The number of aromatic amines is 1. The van der Waals surface area contributed by atoms with E-state index in [-0.39, 0.29) is 30.3 Å². The van der Waals surface area contributed by atoms with Crippen molar-refractivity contribution in [3.05, 3.63) is 41.3 Å². The highest BCUT2D eigenvalue weighted by atomic mass is 35.5. The minimum absolute atomic E-state index is 0. The molecule has 0 amide bonds. The number of aromatic nitrogens is 1. The van der Waals surface area contributed by atoms with E-state index in [4.69, 9.17) is 14.2 Å². The van der Waals surface area contributed by atoms with E-state index in [2.05, 4.69) is 22.9 Å². The second-order valence-electron chi connectivity index (χ2n) is 7.97. The largest absolute Gasteiger partial charge is 0.504 e. The van der Waals surface area contributed by atoms with E-state index in [1.54, 1.807) is 20.5 Å². The van der Waals surface area contributed by atoms with Crippen molar-refractivity contribution in [3.8, 4) is 5.75 Å². The van der Waals surface area contributed by atoms with Gasteiger partial charge in [0.15, 0.2) is 0 Å². The van der Waals surface area contributed by atoms with E-state index < -0.39 is 0 Å². The highest BCUT2D eigenvalue weighted by Gasteiger charge is 2.42. The van der Waals surface area contributed by atoms with Gasteiger partial charge >= 0.3 is 5.97 Å². The molecule has 30 heavy (non-hydrogen) atoms. The molecule has 4 rings (SSSR count). The number of nitrogens with one attached hydrogen (secondary N) is 1. The molecule has 3 atom stereocenters. The number of fused-ring (bicyclic) bond motifs is 5. The number of hydrogen-bond donors (Lipinski definition) is 1. The molecule has 2 aliphatic heterocycles. The van der Waals surface area contributed by atoms with Crippen molar-refractivity contribution in [1.82, 2.24) is 9.88 Å². The zero-order valence-electron chi connectivity index (χ0n) is 18.1. The Bertz CT molecular complexity index is 939. The van der Waals surface area contributed by atoms with Crippen molar-refractivity contribution in [1.29, 1.82) is 0 Å². The second kappa shape index (κ2) is 9.31. The van der Waals surface area contributed by atoms with Gasteiger partial charge in [0.1, 0.15) is 5.75 Å². The molecule has 1 aromatic heterocycles. The van der Waals surface area contributed by atoms with Gasteiger partial charge in [0.2, 0.25) is 0 Å². The summed E-state index contributed by atoms with van der Waals surface area (Å²) in [5.41, 5.74) is 4.37. The van der Waals surface area contributed by atoms with Gasteiger partial charge in [-0.2, -0.15) is 0 Å². The maximum absolute atomic E-state index is 12.5. The highest BCUT2D eigenvalue weighted by molar-refractivity contribution is 5.91. The van der Waals surface area contributed by atoms with Gasteiger partial charge < -0.3 is 19.2 Å². The van der Waals surface area contributed by atoms with E-state index in [1.165, 1.54) is 23.8 Å². The molecule has 1 fully saturated rings. The van der Waals surface area contributed by atoms with Crippen LogP contribution in [-0.4, -0.2) is 50.3 Å². The summed E-state index contributed by atoms with van der Waals surface area (Å²) < 4.78 is 16.0. The van der Waals surface area contributed by atoms with E-state index >= 15 is 0 Å². The fraction of sp³-hybridized carbons (Fsp3) is 0.522. The summed E-state index contributed by atoms with van der Waals surface area (Å²) in [6.45, 7) is 4.19. The maximum atomic E-state index is 12.5. The molecule has 0 radical (unpaired) electrons. The predicted octanol–water partition coefficient (Wildman–Crippen LogP) is 4.25. The van der Waals surface area contributed by atoms with Crippen LogP contribution in [0.3, 0.4) is 0 Å². The number of halogens is 1. The van der Waals surface area contributed by atoms with Crippen LogP contribution in [0.1, 0.15) is 37.1 Å². The minimum atomic E-state index is -0.293. The van der Waals surface area contributed by atoms with Crippen LogP contribution >= 0.6 is 12.4 Å². The smallest absolute Gasteiger partial charge is 0.337 e. The first-order valence-electron chi connectivity index (χ1n) is 10.4. The first-order valence-corrected chi connectivity index (χ1v) is 10.4. The quantitative estimate of drug-likeness (QED) is 0.433. The molecule has 164 valence electrons. The summed E-state index contributed by atoms with van der Waals surface area (Å²) >= 11 is 0. The van der Waals surface area contributed by atoms with Crippen LogP contribution in [0.25, 0.3) is 10.9 Å². The number of piperidine rings is 1. The number of H-pyrrole nitrogens is 1. The summed E-state index contributed by atoms with van der Waals surface area (Å²) in [6.07, 6.45) is 4.46.